The lowest BCUT2D eigenvalue weighted by Crippen LogP contribution is -2.21. The maximum atomic E-state index is 12.2. The molecule has 0 aromatic carbocycles. The second-order valence-corrected chi connectivity index (χ2v) is 3.27. The molecule has 78 valence electrons. The van der Waals surface area contributed by atoms with E-state index in [1.807, 2.05) is 6.92 Å². The maximum absolute atomic E-state index is 12.2. The van der Waals surface area contributed by atoms with E-state index in [0.717, 1.165) is 6.42 Å². The first-order valence-electron chi connectivity index (χ1n) is 4.26. The average molecular weight is 206 g/mol. The van der Waals surface area contributed by atoms with E-state index in [1.54, 1.807) is 0 Å². The standard InChI is InChI=1S/C7H9F3N4/c1-4-2-3-11-6-12-5(7(8,9)10)13-14(4)6/h4H,2-3H2,1H3,(H,11,12,13). The highest BCUT2D eigenvalue weighted by molar-refractivity contribution is 5.28. The van der Waals surface area contributed by atoms with Crippen molar-refractivity contribution in [2.24, 2.45) is 0 Å². The summed E-state index contributed by atoms with van der Waals surface area (Å²) in [5, 5.41) is 6.20. The maximum Gasteiger partial charge on any atom is 0.453 e. The zero-order valence-corrected chi connectivity index (χ0v) is 7.47. The molecule has 14 heavy (non-hydrogen) atoms. The minimum absolute atomic E-state index is 0.0325. The molecular formula is C7H9F3N4. The van der Waals surface area contributed by atoms with Crippen LogP contribution >= 0.6 is 0 Å². The Labute approximate surface area is 78.1 Å². The van der Waals surface area contributed by atoms with Gasteiger partial charge in [-0.1, -0.05) is 0 Å². The molecule has 0 radical (unpaired) electrons. The number of fused-ring (bicyclic) bond motifs is 1. The minimum Gasteiger partial charge on any atom is -0.354 e. The van der Waals surface area contributed by atoms with Crippen LogP contribution in [-0.2, 0) is 6.18 Å². The van der Waals surface area contributed by atoms with Crippen molar-refractivity contribution < 1.29 is 13.2 Å². The van der Waals surface area contributed by atoms with Crippen molar-refractivity contribution in [2.45, 2.75) is 25.6 Å². The van der Waals surface area contributed by atoms with Gasteiger partial charge in [0.2, 0.25) is 5.95 Å². The Morgan fingerprint density at radius 3 is 2.79 bits per heavy atom. The summed E-state index contributed by atoms with van der Waals surface area (Å²) in [7, 11) is 0. The summed E-state index contributed by atoms with van der Waals surface area (Å²) >= 11 is 0. The second-order valence-electron chi connectivity index (χ2n) is 3.27. The van der Waals surface area contributed by atoms with Gasteiger partial charge < -0.3 is 5.32 Å². The first-order valence-corrected chi connectivity index (χ1v) is 4.26. The minimum atomic E-state index is -4.47. The van der Waals surface area contributed by atoms with E-state index in [4.69, 9.17) is 0 Å². The van der Waals surface area contributed by atoms with Crippen LogP contribution in [0.15, 0.2) is 0 Å². The van der Waals surface area contributed by atoms with Crippen LogP contribution in [-0.4, -0.2) is 21.3 Å². The highest BCUT2D eigenvalue weighted by atomic mass is 19.4. The van der Waals surface area contributed by atoms with Gasteiger partial charge in [0, 0.05) is 6.54 Å². The summed E-state index contributed by atoms with van der Waals surface area (Å²) in [6.45, 7) is 2.45. The molecule has 0 aliphatic carbocycles. The van der Waals surface area contributed by atoms with Crippen LogP contribution in [0.25, 0.3) is 0 Å². The summed E-state index contributed by atoms with van der Waals surface area (Å²) in [5.74, 6) is -0.871. The van der Waals surface area contributed by atoms with E-state index in [-0.39, 0.29) is 12.0 Å². The molecular weight excluding hydrogens is 197 g/mol. The van der Waals surface area contributed by atoms with E-state index >= 15 is 0 Å². The number of hydrogen-bond donors (Lipinski definition) is 1. The number of rotatable bonds is 0. The molecule has 0 fully saturated rings. The van der Waals surface area contributed by atoms with Gasteiger partial charge in [0.1, 0.15) is 0 Å². The topological polar surface area (TPSA) is 42.7 Å². The zero-order valence-electron chi connectivity index (χ0n) is 7.47. The Balaban J connectivity index is 2.40. The molecule has 1 aromatic heterocycles. The number of alkyl halides is 3. The van der Waals surface area contributed by atoms with Gasteiger partial charge >= 0.3 is 6.18 Å². The number of hydrogen-bond acceptors (Lipinski definition) is 3. The van der Waals surface area contributed by atoms with Crippen molar-refractivity contribution in [3.05, 3.63) is 5.82 Å². The molecule has 2 rings (SSSR count). The molecule has 1 unspecified atom stereocenters. The monoisotopic (exact) mass is 206 g/mol. The van der Waals surface area contributed by atoms with Crippen LogP contribution in [0, 0.1) is 0 Å². The third-order valence-corrected chi connectivity index (χ3v) is 2.15. The van der Waals surface area contributed by atoms with Gasteiger partial charge in [-0.25, -0.2) is 4.68 Å². The lowest BCUT2D eigenvalue weighted by atomic mass is 10.2. The molecule has 1 aliphatic heterocycles. The Hall–Kier alpha value is -1.27. The summed E-state index contributed by atoms with van der Waals surface area (Å²) in [5.41, 5.74) is 0. The number of nitrogens with zero attached hydrogens (tertiary/aromatic N) is 3. The van der Waals surface area contributed by atoms with E-state index in [0.29, 0.717) is 6.54 Å². The average Bonchev–Trinajstić information content (AvgIpc) is 2.48. The summed E-state index contributed by atoms with van der Waals surface area (Å²) < 4.78 is 38.0. The summed E-state index contributed by atoms with van der Waals surface area (Å²) in [6, 6.07) is -0.0325. The van der Waals surface area contributed by atoms with Crippen molar-refractivity contribution in [2.75, 3.05) is 11.9 Å². The number of aromatic nitrogens is 3. The quantitative estimate of drug-likeness (QED) is 0.702. The molecule has 1 aliphatic rings. The van der Waals surface area contributed by atoms with Gasteiger partial charge in [-0.3, -0.25) is 0 Å². The third-order valence-electron chi connectivity index (χ3n) is 2.15. The Morgan fingerprint density at radius 2 is 2.21 bits per heavy atom. The van der Waals surface area contributed by atoms with Gasteiger partial charge in [-0.2, -0.15) is 18.2 Å². The molecule has 1 N–H and O–H groups in total. The van der Waals surface area contributed by atoms with Crippen LogP contribution in [0.3, 0.4) is 0 Å². The van der Waals surface area contributed by atoms with Crippen molar-refractivity contribution in [3.8, 4) is 0 Å². The SMILES string of the molecule is CC1CCNc2nc(C(F)(F)F)nn21. The molecule has 0 saturated carbocycles. The third kappa shape index (κ3) is 1.42. The predicted octanol–water partition coefficient (Wildman–Crippen LogP) is 1.67. The van der Waals surface area contributed by atoms with Crippen molar-refractivity contribution in [3.63, 3.8) is 0 Å². The fourth-order valence-electron chi connectivity index (χ4n) is 1.39. The van der Waals surface area contributed by atoms with Crippen LogP contribution in [0.1, 0.15) is 25.2 Å². The molecule has 0 bridgehead atoms. The Bertz CT molecular complexity index is 343. The smallest absolute Gasteiger partial charge is 0.354 e. The lowest BCUT2D eigenvalue weighted by Gasteiger charge is -2.20. The normalized spacial score (nSPS) is 21.6. The molecule has 7 heteroatoms. The summed E-state index contributed by atoms with van der Waals surface area (Å²) in [4.78, 5) is 3.39. The van der Waals surface area contributed by atoms with E-state index < -0.39 is 12.0 Å². The molecule has 0 amide bonds. The van der Waals surface area contributed by atoms with E-state index in [1.165, 1.54) is 4.68 Å². The molecule has 0 saturated heterocycles. The highest BCUT2D eigenvalue weighted by Crippen LogP contribution is 2.30. The first kappa shape index (κ1) is 9.29. The van der Waals surface area contributed by atoms with Crippen LogP contribution in [0.5, 0.6) is 0 Å². The van der Waals surface area contributed by atoms with Gasteiger partial charge in [-0.05, 0) is 13.3 Å². The fraction of sp³-hybridized carbons (Fsp3) is 0.714. The zero-order chi connectivity index (χ0) is 10.3. The second kappa shape index (κ2) is 2.86. The Morgan fingerprint density at radius 1 is 1.50 bits per heavy atom. The largest absolute Gasteiger partial charge is 0.453 e. The van der Waals surface area contributed by atoms with Gasteiger partial charge in [-0.15, -0.1) is 5.10 Å². The highest BCUT2D eigenvalue weighted by Gasteiger charge is 2.38. The fourth-order valence-corrected chi connectivity index (χ4v) is 1.39. The van der Waals surface area contributed by atoms with Crippen LogP contribution in [0.4, 0.5) is 19.1 Å². The van der Waals surface area contributed by atoms with Gasteiger partial charge in [0.05, 0.1) is 6.04 Å². The van der Waals surface area contributed by atoms with Crippen molar-refractivity contribution in [1.82, 2.24) is 14.8 Å². The lowest BCUT2D eigenvalue weighted by molar-refractivity contribution is -0.145. The molecule has 0 spiro atoms. The number of anilines is 1. The van der Waals surface area contributed by atoms with Gasteiger partial charge in [0.25, 0.3) is 5.82 Å². The predicted molar refractivity (Wildman–Crippen MR) is 42.8 cm³/mol. The molecule has 1 aromatic rings. The Kier molecular flexibility index (Phi) is 1.90. The van der Waals surface area contributed by atoms with Crippen LogP contribution in [0.2, 0.25) is 0 Å². The van der Waals surface area contributed by atoms with E-state index in [2.05, 4.69) is 15.4 Å². The molecule has 2 heterocycles. The molecule has 4 nitrogen and oxygen atoms in total. The summed E-state index contributed by atoms with van der Waals surface area (Å²) in [6.07, 6.45) is -3.71. The number of nitrogens with one attached hydrogen (secondary N) is 1. The van der Waals surface area contributed by atoms with Crippen LogP contribution < -0.4 is 5.32 Å². The van der Waals surface area contributed by atoms with Crippen molar-refractivity contribution in [1.29, 1.82) is 0 Å². The molecule has 1 atom stereocenters. The number of halogens is 3. The van der Waals surface area contributed by atoms with Crippen molar-refractivity contribution >= 4 is 5.95 Å². The van der Waals surface area contributed by atoms with E-state index in [9.17, 15) is 13.2 Å². The first-order chi connectivity index (χ1) is 6.48. The van der Waals surface area contributed by atoms with Gasteiger partial charge in [0.15, 0.2) is 0 Å².